The molecule has 0 aliphatic carbocycles. The summed E-state index contributed by atoms with van der Waals surface area (Å²) in [6.07, 6.45) is 11.1. The van der Waals surface area contributed by atoms with Crippen LogP contribution in [0.25, 0.3) is 0 Å². The zero-order valence-corrected chi connectivity index (χ0v) is 13.7. The molecule has 2 nitrogen and oxygen atoms in total. The van der Waals surface area contributed by atoms with Crippen molar-refractivity contribution in [3.63, 3.8) is 0 Å². The fourth-order valence-electron chi connectivity index (χ4n) is 2.59. The zero-order valence-electron chi connectivity index (χ0n) is 13.7. The standard InChI is InChI=1S/C17H36O2/c1-5-7-8-9-10-11-12-13-14-16(18)17(15(3)4)19-6-2/h15-18H,5-14H2,1-4H3. The van der Waals surface area contributed by atoms with Crippen LogP contribution in [-0.4, -0.2) is 23.9 Å². The minimum Gasteiger partial charge on any atom is -0.390 e. The molecule has 0 fully saturated rings. The Balaban J connectivity index is 3.53. The maximum Gasteiger partial charge on any atom is 0.0856 e. The lowest BCUT2D eigenvalue weighted by Crippen LogP contribution is -2.33. The van der Waals surface area contributed by atoms with Crippen molar-refractivity contribution in [2.75, 3.05) is 6.61 Å². The molecule has 0 saturated carbocycles. The monoisotopic (exact) mass is 272 g/mol. The van der Waals surface area contributed by atoms with Gasteiger partial charge in [-0.1, -0.05) is 72.1 Å². The lowest BCUT2D eigenvalue weighted by molar-refractivity contribution is -0.0603. The molecule has 2 heteroatoms. The lowest BCUT2D eigenvalue weighted by atomic mass is 9.97. The molecule has 0 amide bonds. The van der Waals surface area contributed by atoms with Crippen molar-refractivity contribution in [2.24, 2.45) is 5.92 Å². The van der Waals surface area contributed by atoms with E-state index >= 15 is 0 Å². The number of aliphatic hydroxyl groups excluding tert-OH is 1. The van der Waals surface area contributed by atoms with E-state index in [4.69, 9.17) is 4.74 Å². The third kappa shape index (κ3) is 10.4. The minimum atomic E-state index is -0.292. The van der Waals surface area contributed by atoms with Crippen LogP contribution in [0, 0.1) is 5.92 Å². The Kier molecular flexibility index (Phi) is 12.9. The summed E-state index contributed by atoms with van der Waals surface area (Å²) in [5.74, 6) is 0.393. The third-order valence-corrected chi connectivity index (χ3v) is 3.75. The van der Waals surface area contributed by atoms with E-state index in [2.05, 4.69) is 20.8 Å². The predicted molar refractivity (Wildman–Crippen MR) is 83.5 cm³/mol. The van der Waals surface area contributed by atoms with Gasteiger partial charge in [-0.15, -0.1) is 0 Å². The molecular weight excluding hydrogens is 236 g/mol. The van der Waals surface area contributed by atoms with Crippen molar-refractivity contribution in [1.29, 1.82) is 0 Å². The Bertz CT molecular complexity index is 180. The molecule has 0 saturated heterocycles. The fourth-order valence-corrected chi connectivity index (χ4v) is 2.59. The number of aliphatic hydroxyl groups is 1. The lowest BCUT2D eigenvalue weighted by Gasteiger charge is -2.26. The van der Waals surface area contributed by atoms with Crippen LogP contribution >= 0.6 is 0 Å². The van der Waals surface area contributed by atoms with Crippen molar-refractivity contribution in [1.82, 2.24) is 0 Å². The third-order valence-electron chi connectivity index (χ3n) is 3.75. The summed E-state index contributed by atoms with van der Waals surface area (Å²) in [5.41, 5.74) is 0. The summed E-state index contributed by atoms with van der Waals surface area (Å²) in [6, 6.07) is 0. The van der Waals surface area contributed by atoms with Gasteiger partial charge in [0.2, 0.25) is 0 Å². The van der Waals surface area contributed by atoms with E-state index in [0.29, 0.717) is 12.5 Å². The molecule has 0 rings (SSSR count). The van der Waals surface area contributed by atoms with Crippen molar-refractivity contribution in [3.8, 4) is 0 Å². The molecule has 2 unspecified atom stereocenters. The van der Waals surface area contributed by atoms with E-state index in [0.717, 1.165) is 12.8 Å². The maximum atomic E-state index is 10.2. The van der Waals surface area contributed by atoms with Gasteiger partial charge in [-0.05, 0) is 19.3 Å². The quantitative estimate of drug-likeness (QED) is 0.481. The molecule has 0 aromatic carbocycles. The van der Waals surface area contributed by atoms with Crippen LogP contribution in [0.3, 0.4) is 0 Å². The van der Waals surface area contributed by atoms with Crippen molar-refractivity contribution < 1.29 is 9.84 Å². The van der Waals surface area contributed by atoms with Crippen LogP contribution in [-0.2, 0) is 4.74 Å². The van der Waals surface area contributed by atoms with Crippen LogP contribution in [0.2, 0.25) is 0 Å². The molecule has 19 heavy (non-hydrogen) atoms. The van der Waals surface area contributed by atoms with Crippen LogP contribution in [0.1, 0.15) is 85.5 Å². The molecule has 0 aliphatic heterocycles. The van der Waals surface area contributed by atoms with Gasteiger partial charge in [0.1, 0.15) is 0 Å². The second kappa shape index (κ2) is 12.9. The largest absolute Gasteiger partial charge is 0.390 e. The maximum absolute atomic E-state index is 10.2. The molecule has 1 N–H and O–H groups in total. The van der Waals surface area contributed by atoms with E-state index in [1.807, 2.05) is 6.92 Å². The highest BCUT2D eigenvalue weighted by atomic mass is 16.5. The second-order valence-electron chi connectivity index (χ2n) is 5.99. The summed E-state index contributed by atoms with van der Waals surface area (Å²) < 4.78 is 5.64. The Morgan fingerprint density at radius 2 is 1.37 bits per heavy atom. The van der Waals surface area contributed by atoms with Gasteiger partial charge >= 0.3 is 0 Å². The van der Waals surface area contributed by atoms with E-state index in [1.165, 1.54) is 44.9 Å². The average molecular weight is 272 g/mol. The van der Waals surface area contributed by atoms with E-state index in [9.17, 15) is 5.11 Å². The first-order valence-corrected chi connectivity index (χ1v) is 8.43. The Morgan fingerprint density at radius 1 is 0.842 bits per heavy atom. The summed E-state index contributed by atoms with van der Waals surface area (Å²) in [5, 5.41) is 10.2. The normalized spacial score (nSPS) is 14.8. The van der Waals surface area contributed by atoms with Crippen LogP contribution in [0.4, 0.5) is 0 Å². The summed E-state index contributed by atoms with van der Waals surface area (Å²) in [7, 11) is 0. The van der Waals surface area contributed by atoms with Gasteiger partial charge in [-0.2, -0.15) is 0 Å². The Hall–Kier alpha value is -0.0800. The Morgan fingerprint density at radius 3 is 1.84 bits per heavy atom. The fraction of sp³-hybridized carbons (Fsp3) is 1.00. The highest BCUT2D eigenvalue weighted by Crippen LogP contribution is 2.17. The van der Waals surface area contributed by atoms with E-state index in [1.54, 1.807) is 0 Å². The predicted octanol–water partition coefficient (Wildman–Crippen LogP) is 4.94. The zero-order chi connectivity index (χ0) is 14.5. The van der Waals surface area contributed by atoms with Gasteiger partial charge in [0.15, 0.2) is 0 Å². The summed E-state index contributed by atoms with van der Waals surface area (Å²) in [4.78, 5) is 0. The average Bonchev–Trinajstić information content (AvgIpc) is 2.38. The number of rotatable bonds is 13. The first kappa shape index (κ1) is 18.9. The van der Waals surface area contributed by atoms with Gasteiger partial charge in [-0.3, -0.25) is 0 Å². The molecule has 0 spiro atoms. The highest BCUT2D eigenvalue weighted by Gasteiger charge is 2.22. The SMILES string of the molecule is CCCCCCCCCCC(O)C(OCC)C(C)C. The molecule has 0 heterocycles. The van der Waals surface area contributed by atoms with Gasteiger partial charge < -0.3 is 9.84 Å². The first-order valence-electron chi connectivity index (χ1n) is 8.43. The van der Waals surface area contributed by atoms with Gasteiger partial charge in [0.25, 0.3) is 0 Å². The smallest absolute Gasteiger partial charge is 0.0856 e. The first-order chi connectivity index (χ1) is 9.13. The van der Waals surface area contributed by atoms with Gasteiger partial charge in [0, 0.05) is 6.61 Å². The summed E-state index contributed by atoms with van der Waals surface area (Å²) in [6.45, 7) is 9.19. The Labute approximate surface area is 120 Å². The number of ether oxygens (including phenoxy) is 1. The van der Waals surface area contributed by atoms with Crippen LogP contribution in [0.15, 0.2) is 0 Å². The van der Waals surface area contributed by atoms with Crippen molar-refractivity contribution in [3.05, 3.63) is 0 Å². The highest BCUT2D eigenvalue weighted by molar-refractivity contribution is 4.72. The number of hydrogen-bond donors (Lipinski definition) is 1. The van der Waals surface area contributed by atoms with Crippen LogP contribution in [0.5, 0.6) is 0 Å². The molecule has 0 radical (unpaired) electrons. The van der Waals surface area contributed by atoms with Crippen molar-refractivity contribution >= 4 is 0 Å². The molecule has 0 aliphatic rings. The molecule has 116 valence electrons. The van der Waals surface area contributed by atoms with Crippen LogP contribution < -0.4 is 0 Å². The topological polar surface area (TPSA) is 29.5 Å². The molecular formula is C17H36O2. The number of hydrogen-bond acceptors (Lipinski definition) is 2. The minimum absolute atomic E-state index is 0.00885. The molecule has 0 bridgehead atoms. The molecule has 0 aromatic rings. The van der Waals surface area contributed by atoms with Gasteiger partial charge in [0.05, 0.1) is 12.2 Å². The van der Waals surface area contributed by atoms with Crippen molar-refractivity contribution in [2.45, 2.75) is 97.7 Å². The second-order valence-corrected chi connectivity index (χ2v) is 5.99. The molecule has 0 aromatic heterocycles. The molecule has 2 atom stereocenters. The van der Waals surface area contributed by atoms with Gasteiger partial charge in [-0.25, -0.2) is 0 Å². The number of unbranched alkanes of at least 4 members (excludes halogenated alkanes) is 7. The summed E-state index contributed by atoms with van der Waals surface area (Å²) >= 11 is 0. The van der Waals surface area contributed by atoms with E-state index in [-0.39, 0.29) is 12.2 Å². The van der Waals surface area contributed by atoms with E-state index < -0.39 is 0 Å².